The molecule has 1 aromatic carbocycles. The highest BCUT2D eigenvalue weighted by Crippen LogP contribution is 2.18. The highest BCUT2D eigenvalue weighted by molar-refractivity contribution is 5.94. The van der Waals surface area contributed by atoms with Crippen molar-refractivity contribution in [1.82, 2.24) is 10.1 Å². The third-order valence-corrected chi connectivity index (χ3v) is 3.18. The number of amides is 2. The Morgan fingerprint density at radius 3 is 2.91 bits per heavy atom. The molecule has 3 rings (SSSR count). The fourth-order valence-corrected chi connectivity index (χ4v) is 2.09. The van der Waals surface area contributed by atoms with Crippen LogP contribution in [0.5, 0.6) is 0 Å². The number of fused-ring (bicyclic) bond motifs is 1. The Balaban J connectivity index is 1.56. The predicted octanol–water partition coefficient (Wildman–Crippen LogP) is 0.892. The maximum atomic E-state index is 11.8. The fraction of sp³-hybridized carbons (Fsp3) is 0.286. The van der Waals surface area contributed by atoms with E-state index in [0.717, 1.165) is 4.90 Å². The van der Waals surface area contributed by atoms with Crippen molar-refractivity contribution in [2.24, 2.45) is 0 Å². The van der Waals surface area contributed by atoms with Crippen LogP contribution in [-0.2, 0) is 25.5 Å². The van der Waals surface area contributed by atoms with Crippen molar-refractivity contribution in [3.63, 3.8) is 0 Å². The molecular weight excluding hydrogens is 292 g/mol. The second-order valence-corrected chi connectivity index (χ2v) is 4.62. The zero-order valence-corrected chi connectivity index (χ0v) is 11.5. The fourth-order valence-electron chi connectivity index (χ4n) is 2.09. The number of aromatic nitrogens is 1. The van der Waals surface area contributed by atoms with Gasteiger partial charge in [-0.2, -0.15) is 0 Å². The third kappa shape index (κ3) is 2.76. The number of hydrogen-bond acceptors (Lipinski definition) is 7. The smallest absolute Gasteiger partial charge is 0.416 e. The monoisotopic (exact) mass is 304 g/mol. The standard InChI is InChI=1S/C14H12N2O6/c17-12(16-5-6-20-14(16)19)8-21-13(18)7-10-9-3-1-2-4-11(9)22-15-10/h1-4H,5-8H2. The van der Waals surface area contributed by atoms with Crippen molar-refractivity contribution >= 4 is 28.9 Å². The first-order valence-corrected chi connectivity index (χ1v) is 6.61. The first-order chi connectivity index (χ1) is 10.6. The van der Waals surface area contributed by atoms with Crippen LogP contribution in [-0.4, -0.2) is 47.8 Å². The van der Waals surface area contributed by atoms with Crippen molar-refractivity contribution in [3.05, 3.63) is 30.0 Å². The number of esters is 1. The quantitative estimate of drug-likeness (QED) is 0.773. The minimum Gasteiger partial charge on any atom is -0.455 e. The van der Waals surface area contributed by atoms with Gasteiger partial charge in [-0.15, -0.1) is 0 Å². The summed E-state index contributed by atoms with van der Waals surface area (Å²) in [6.07, 6.45) is -0.835. The van der Waals surface area contributed by atoms with E-state index in [1.807, 2.05) is 0 Å². The molecule has 1 saturated heterocycles. The van der Waals surface area contributed by atoms with Crippen LogP contribution in [0.1, 0.15) is 5.69 Å². The number of ether oxygens (including phenoxy) is 2. The molecule has 1 fully saturated rings. The van der Waals surface area contributed by atoms with Gasteiger partial charge < -0.3 is 14.0 Å². The van der Waals surface area contributed by atoms with Crippen LogP contribution < -0.4 is 0 Å². The Labute approximate surface area is 124 Å². The van der Waals surface area contributed by atoms with Gasteiger partial charge in [0.15, 0.2) is 12.2 Å². The summed E-state index contributed by atoms with van der Waals surface area (Å²) in [6.45, 7) is -0.184. The molecule has 1 aliphatic rings. The number of hydrogen-bond donors (Lipinski definition) is 0. The number of imide groups is 1. The number of para-hydroxylation sites is 1. The molecule has 0 saturated carbocycles. The lowest BCUT2D eigenvalue weighted by atomic mass is 10.2. The number of carbonyl (C=O) groups is 3. The van der Waals surface area contributed by atoms with Crippen molar-refractivity contribution < 1.29 is 28.4 Å². The first kappa shape index (κ1) is 14.1. The van der Waals surface area contributed by atoms with E-state index in [9.17, 15) is 14.4 Å². The highest BCUT2D eigenvalue weighted by atomic mass is 16.6. The maximum absolute atomic E-state index is 11.8. The Morgan fingerprint density at radius 1 is 1.32 bits per heavy atom. The van der Waals surface area contributed by atoms with Gasteiger partial charge in [-0.1, -0.05) is 17.3 Å². The summed E-state index contributed by atoms with van der Waals surface area (Å²) in [4.78, 5) is 35.5. The second kappa shape index (κ2) is 5.84. The molecule has 0 N–H and O–H groups in total. The zero-order chi connectivity index (χ0) is 15.5. The van der Waals surface area contributed by atoms with Crippen LogP contribution in [0.3, 0.4) is 0 Å². The average molecular weight is 304 g/mol. The van der Waals surface area contributed by atoms with E-state index in [4.69, 9.17) is 9.26 Å². The molecule has 2 heterocycles. The summed E-state index contributed by atoms with van der Waals surface area (Å²) in [5.41, 5.74) is 1.01. The van der Waals surface area contributed by atoms with Gasteiger partial charge in [-0.3, -0.25) is 9.59 Å². The lowest BCUT2D eigenvalue weighted by Gasteiger charge is -2.10. The number of nitrogens with zero attached hydrogens (tertiary/aromatic N) is 2. The Bertz CT molecular complexity index is 738. The van der Waals surface area contributed by atoms with E-state index in [1.165, 1.54) is 0 Å². The molecule has 0 unspecified atom stereocenters. The van der Waals surface area contributed by atoms with Gasteiger partial charge in [0.25, 0.3) is 5.91 Å². The lowest BCUT2D eigenvalue weighted by Crippen LogP contribution is -2.35. The van der Waals surface area contributed by atoms with Crippen LogP contribution in [0.4, 0.5) is 4.79 Å². The molecule has 0 aliphatic carbocycles. The van der Waals surface area contributed by atoms with E-state index >= 15 is 0 Å². The van der Waals surface area contributed by atoms with Gasteiger partial charge in [0.05, 0.1) is 13.0 Å². The zero-order valence-electron chi connectivity index (χ0n) is 11.5. The molecule has 8 heteroatoms. The molecule has 1 aliphatic heterocycles. The van der Waals surface area contributed by atoms with Gasteiger partial charge in [-0.05, 0) is 12.1 Å². The summed E-state index contributed by atoms with van der Waals surface area (Å²) >= 11 is 0. The summed E-state index contributed by atoms with van der Waals surface area (Å²) in [5, 5.41) is 4.52. The van der Waals surface area contributed by atoms with E-state index in [-0.39, 0.29) is 19.6 Å². The van der Waals surface area contributed by atoms with Gasteiger partial charge in [-0.25, -0.2) is 9.69 Å². The van der Waals surface area contributed by atoms with E-state index in [0.29, 0.717) is 16.7 Å². The normalized spacial score (nSPS) is 14.2. The number of rotatable bonds is 4. The molecule has 1 aromatic heterocycles. The van der Waals surface area contributed by atoms with Crippen molar-refractivity contribution in [2.75, 3.05) is 19.8 Å². The van der Waals surface area contributed by atoms with Gasteiger partial charge in [0.1, 0.15) is 12.3 Å². The molecule has 2 aromatic rings. The molecule has 0 bridgehead atoms. The van der Waals surface area contributed by atoms with Gasteiger partial charge in [0, 0.05) is 5.39 Å². The van der Waals surface area contributed by atoms with E-state index in [1.54, 1.807) is 24.3 Å². The van der Waals surface area contributed by atoms with Crippen molar-refractivity contribution in [1.29, 1.82) is 0 Å². The molecule has 114 valence electrons. The van der Waals surface area contributed by atoms with Crippen molar-refractivity contribution in [2.45, 2.75) is 6.42 Å². The Morgan fingerprint density at radius 2 is 2.14 bits per heavy atom. The average Bonchev–Trinajstić information content (AvgIpc) is 3.12. The van der Waals surface area contributed by atoms with E-state index in [2.05, 4.69) is 9.89 Å². The SMILES string of the molecule is O=C(Cc1noc2ccccc12)OCC(=O)N1CCOC1=O. The van der Waals surface area contributed by atoms with E-state index < -0.39 is 24.6 Å². The van der Waals surface area contributed by atoms with Crippen LogP contribution in [0.2, 0.25) is 0 Å². The molecule has 0 spiro atoms. The maximum Gasteiger partial charge on any atom is 0.416 e. The molecule has 0 atom stereocenters. The predicted molar refractivity (Wildman–Crippen MR) is 71.7 cm³/mol. The topological polar surface area (TPSA) is 98.9 Å². The van der Waals surface area contributed by atoms with Crippen molar-refractivity contribution in [3.8, 4) is 0 Å². The van der Waals surface area contributed by atoms with Gasteiger partial charge >= 0.3 is 12.1 Å². The van der Waals surface area contributed by atoms with Crippen LogP contribution >= 0.6 is 0 Å². The second-order valence-electron chi connectivity index (χ2n) is 4.62. The molecular formula is C14H12N2O6. The molecule has 2 amide bonds. The summed E-state index contributed by atoms with van der Waals surface area (Å²) in [5.74, 6) is -1.24. The molecule has 8 nitrogen and oxygen atoms in total. The minimum atomic E-state index is -0.719. The summed E-state index contributed by atoms with van der Waals surface area (Å²) in [7, 11) is 0. The van der Waals surface area contributed by atoms with Crippen LogP contribution in [0.25, 0.3) is 11.0 Å². The van der Waals surface area contributed by atoms with Crippen LogP contribution in [0.15, 0.2) is 28.8 Å². The minimum absolute atomic E-state index is 0.116. The van der Waals surface area contributed by atoms with Crippen LogP contribution in [0, 0.1) is 0 Å². The number of benzene rings is 1. The number of cyclic esters (lactones) is 1. The Kier molecular flexibility index (Phi) is 3.73. The first-order valence-electron chi connectivity index (χ1n) is 6.61. The highest BCUT2D eigenvalue weighted by Gasteiger charge is 2.29. The summed E-state index contributed by atoms with van der Waals surface area (Å²) in [6, 6.07) is 7.11. The number of carbonyl (C=O) groups excluding carboxylic acids is 3. The lowest BCUT2D eigenvalue weighted by molar-refractivity contribution is -0.150. The molecule has 22 heavy (non-hydrogen) atoms. The van der Waals surface area contributed by atoms with Gasteiger partial charge in [0.2, 0.25) is 0 Å². The third-order valence-electron chi connectivity index (χ3n) is 3.18. The molecule has 0 radical (unpaired) electrons. The largest absolute Gasteiger partial charge is 0.455 e. The Hall–Kier alpha value is -2.90. The summed E-state index contributed by atoms with van der Waals surface area (Å²) < 4.78 is 14.6.